The monoisotopic (exact) mass is 607 g/mol. The Balaban J connectivity index is 1.29. The molecule has 4 rings (SSSR count). The number of nitrogens with one attached hydrogen (secondary N) is 2. The van der Waals surface area contributed by atoms with E-state index in [1.54, 1.807) is 4.90 Å². The van der Waals surface area contributed by atoms with Gasteiger partial charge in [-0.05, 0) is 80.8 Å². The molecule has 1 aliphatic heterocycles. The number of hydrogen-bond donors (Lipinski definition) is 2. The largest absolute Gasteiger partial charge is 0.446 e. The maximum absolute atomic E-state index is 13.8. The molecule has 2 heterocycles. The number of carbonyl (C=O) groups is 3. The number of rotatable bonds is 11. The van der Waals surface area contributed by atoms with E-state index in [2.05, 4.69) is 16.4 Å². The lowest BCUT2D eigenvalue weighted by atomic mass is 9.85. The third-order valence-electron chi connectivity index (χ3n) is 9.87. The number of carbonyl (C=O) groups excluding carboxylic acids is 3. The number of unbranched alkanes of at least 4 members (excludes halogenated alkanes) is 2. The fraction of sp³-hybridized carbons (Fsp3) is 0.667. The zero-order chi connectivity index (χ0) is 32.2. The number of aromatic nitrogens is 1. The van der Waals surface area contributed by atoms with Crippen LogP contribution in [0.2, 0.25) is 0 Å². The summed E-state index contributed by atoms with van der Waals surface area (Å²) in [5.74, 6) is 0.0974. The second-order valence-electron chi connectivity index (χ2n) is 14.6. The number of amides is 2. The fourth-order valence-corrected chi connectivity index (χ4v) is 7.20. The molecule has 5 atom stereocenters. The number of pyridine rings is 1. The number of likely N-dealkylation sites (tertiary alicyclic amines) is 1. The Kier molecular flexibility index (Phi) is 11.0. The number of para-hydroxylation sites is 1. The van der Waals surface area contributed by atoms with Crippen molar-refractivity contribution in [3.05, 3.63) is 45.7 Å². The molecule has 0 radical (unpaired) electrons. The van der Waals surface area contributed by atoms with Gasteiger partial charge in [0.1, 0.15) is 12.1 Å². The Morgan fingerprint density at radius 2 is 1.80 bits per heavy atom. The van der Waals surface area contributed by atoms with Crippen LogP contribution in [-0.2, 0) is 20.7 Å². The smallest absolute Gasteiger partial charge is 0.408 e. The lowest BCUT2D eigenvalue weighted by Crippen LogP contribution is -2.57. The van der Waals surface area contributed by atoms with E-state index in [-0.39, 0.29) is 35.2 Å². The van der Waals surface area contributed by atoms with Gasteiger partial charge in [-0.3, -0.25) is 14.4 Å². The van der Waals surface area contributed by atoms with E-state index >= 15 is 0 Å². The summed E-state index contributed by atoms with van der Waals surface area (Å²) in [7, 11) is 0. The van der Waals surface area contributed by atoms with E-state index in [1.165, 1.54) is 0 Å². The van der Waals surface area contributed by atoms with Gasteiger partial charge in [-0.2, -0.15) is 0 Å². The summed E-state index contributed by atoms with van der Waals surface area (Å²) in [6.45, 7) is 14.1. The van der Waals surface area contributed by atoms with E-state index < -0.39 is 23.6 Å². The molecule has 8 nitrogen and oxygen atoms in total. The van der Waals surface area contributed by atoms with E-state index in [0.29, 0.717) is 12.5 Å². The molecule has 2 aliphatic rings. The van der Waals surface area contributed by atoms with Crippen molar-refractivity contribution in [2.75, 3.05) is 6.54 Å². The van der Waals surface area contributed by atoms with Gasteiger partial charge >= 0.3 is 6.09 Å². The van der Waals surface area contributed by atoms with E-state index in [0.717, 1.165) is 79.8 Å². The molecule has 5 unspecified atom stereocenters. The summed E-state index contributed by atoms with van der Waals surface area (Å²) in [6.07, 6.45) is 7.59. The normalized spacial score (nSPS) is 22.9. The summed E-state index contributed by atoms with van der Waals surface area (Å²) < 4.78 is 5.96. The first-order chi connectivity index (χ1) is 20.8. The van der Waals surface area contributed by atoms with Crippen molar-refractivity contribution < 1.29 is 19.1 Å². The lowest BCUT2D eigenvalue weighted by molar-refractivity contribution is -0.143. The van der Waals surface area contributed by atoms with Gasteiger partial charge in [-0.1, -0.05) is 72.6 Å². The minimum absolute atomic E-state index is 0.00444. The quantitative estimate of drug-likeness (QED) is 0.276. The zero-order valence-corrected chi connectivity index (χ0v) is 27.8. The fourth-order valence-electron chi connectivity index (χ4n) is 7.20. The third-order valence-corrected chi connectivity index (χ3v) is 9.87. The van der Waals surface area contributed by atoms with E-state index in [4.69, 9.17) is 4.74 Å². The molecule has 1 aromatic carbocycles. The molecule has 2 aromatic rings. The number of Topliss-reactive ketones (excluding diaryl/α,β-unsaturated/α-hetero) is 1. The van der Waals surface area contributed by atoms with E-state index in [1.807, 2.05) is 66.7 Å². The number of fused-ring (bicyclic) bond motifs is 1. The SMILES string of the molecule is Cc1c(CCCCCC2CCCC2OC(=O)NC(C(=O)N2CCC(C)C2C(=O)C(C)C)C(C)(C)C)c(=O)[nH]c2ccccc12. The van der Waals surface area contributed by atoms with Crippen molar-refractivity contribution in [1.82, 2.24) is 15.2 Å². The standard InChI is InChI=1S/C36H53N3O5/c1-22(2)31(40)30-23(3)20-21-39(30)34(42)32(36(5,6)7)38-35(43)44-29-19-13-15-25(29)14-9-8-10-17-27-24(4)26-16-11-12-18-28(26)37-33(27)41/h11-12,16,18,22-23,25,29-30,32H,8-10,13-15,17,19-21H2,1-7H3,(H,37,41)(H,38,43). The third kappa shape index (κ3) is 7.73. The number of hydrogen-bond acceptors (Lipinski definition) is 5. The topological polar surface area (TPSA) is 109 Å². The number of ether oxygens (including phenoxy) is 1. The number of alkyl carbamates (subject to hydrolysis) is 1. The first-order valence-corrected chi connectivity index (χ1v) is 16.7. The van der Waals surface area contributed by atoms with Gasteiger partial charge in [0.05, 0.1) is 6.04 Å². The molecule has 0 spiro atoms. The number of aromatic amines is 1. The maximum Gasteiger partial charge on any atom is 0.408 e. The molecular weight excluding hydrogens is 554 g/mol. The predicted molar refractivity (Wildman–Crippen MR) is 175 cm³/mol. The second-order valence-corrected chi connectivity index (χ2v) is 14.6. The summed E-state index contributed by atoms with van der Waals surface area (Å²) in [6, 6.07) is 6.69. The Morgan fingerprint density at radius 1 is 1.07 bits per heavy atom. The van der Waals surface area contributed by atoms with Crippen LogP contribution in [0.5, 0.6) is 0 Å². The first-order valence-electron chi connectivity index (χ1n) is 16.7. The number of aryl methyl sites for hydroxylation is 1. The number of benzene rings is 1. The number of ketones is 1. The number of nitrogens with zero attached hydrogens (tertiary/aromatic N) is 1. The minimum atomic E-state index is -0.788. The highest BCUT2D eigenvalue weighted by atomic mass is 16.6. The summed E-state index contributed by atoms with van der Waals surface area (Å²) in [5.41, 5.74) is 2.27. The van der Waals surface area contributed by atoms with Crippen LogP contribution < -0.4 is 10.9 Å². The minimum Gasteiger partial charge on any atom is -0.446 e. The average Bonchev–Trinajstić information content (AvgIpc) is 3.57. The highest BCUT2D eigenvalue weighted by molar-refractivity contribution is 5.94. The van der Waals surface area contributed by atoms with Crippen LogP contribution in [0.25, 0.3) is 10.9 Å². The van der Waals surface area contributed by atoms with Gasteiger partial charge in [0.25, 0.3) is 5.56 Å². The van der Waals surface area contributed by atoms with Crippen molar-refractivity contribution in [3.63, 3.8) is 0 Å². The molecule has 8 heteroatoms. The summed E-state index contributed by atoms with van der Waals surface area (Å²) in [5, 5.41) is 4.00. The predicted octanol–water partition coefficient (Wildman–Crippen LogP) is 6.71. The molecule has 2 N–H and O–H groups in total. The van der Waals surface area contributed by atoms with Gasteiger partial charge in [0.15, 0.2) is 5.78 Å². The van der Waals surface area contributed by atoms with Crippen LogP contribution in [0.1, 0.15) is 104 Å². The Bertz CT molecular complexity index is 1390. The van der Waals surface area contributed by atoms with Crippen LogP contribution in [0.15, 0.2) is 29.1 Å². The molecular formula is C36H53N3O5. The van der Waals surface area contributed by atoms with Gasteiger partial charge in [0, 0.05) is 28.9 Å². The highest BCUT2D eigenvalue weighted by Crippen LogP contribution is 2.34. The van der Waals surface area contributed by atoms with Crippen LogP contribution in [-0.4, -0.2) is 52.4 Å². The molecule has 0 bridgehead atoms. The molecule has 44 heavy (non-hydrogen) atoms. The average molecular weight is 608 g/mol. The molecule has 2 amide bonds. The van der Waals surface area contributed by atoms with Crippen LogP contribution in [0, 0.1) is 30.1 Å². The highest BCUT2D eigenvalue weighted by Gasteiger charge is 2.45. The van der Waals surface area contributed by atoms with Crippen LogP contribution in [0.3, 0.4) is 0 Å². The Labute approximate surface area is 262 Å². The van der Waals surface area contributed by atoms with Crippen LogP contribution >= 0.6 is 0 Å². The molecule has 2 fully saturated rings. The maximum atomic E-state index is 13.8. The molecule has 242 valence electrons. The summed E-state index contributed by atoms with van der Waals surface area (Å²) >= 11 is 0. The van der Waals surface area contributed by atoms with Crippen molar-refractivity contribution >= 4 is 28.7 Å². The number of H-pyrrole nitrogens is 1. The Hall–Kier alpha value is -3.16. The van der Waals surface area contributed by atoms with Gasteiger partial charge in [0.2, 0.25) is 5.91 Å². The molecule has 1 aromatic heterocycles. The first kappa shape index (κ1) is 33.7. The van der Waals surface area contributed by atoms with Gasteiger partial charge in [-0.25, -0.2) is 4.79 Å². The van der Waals surface area contributed by atoms with E-state index in [9.17, 15) is 19.2 Å². The second kappa shape index (κ2) is 14.3. The van der Waals surface area contributed by atoms with Crippen LogP contribution in [0.4, 0.5) is 4.79 Å². The molecule has 1 saturated heterocycles. The lowest BCUT2D eigenvalue weighted by Gasteiger charge is -2.36. The van der Waals surface area contributed by atoms with Crippen molar-refractivity contribution in [2.45, 2.75) is 124 Å². The Morgan fingerprint density at radius 3 is 2.50 bits per heavy atom. The summed E-state index contributed by atoms with van der Waals surface area (Å²) in [4.78, 5) is 57.4. The van der Waals surface area contributed by atoms with Gasteiger partial charge in [-0.15, -0.1) is 0 Å². The van der Waals surface area contributed by atoms with Gasteiger partial charge < -0.3 is 19.9 Å². The van der Waals surface area contributed by atoms with Crippen molar-refractivity contribution in [3.8, 4) is 0 Å². The molecule has 1 saturated carbocycles. The van der Waals surface area contributed by atoms with Crippen molar-refractivity contribution in [2.24, 2.45) is 23.2 Å². The molecule has 1 aliphatic carbocycles. The zero-order valence-electron chi connectivity index (χ0n) is 27.8. The van der Waals surface area contributed by atoms with Crippen molar-refractivity contribution in [1.29, 1.82) is 0 Å².